The Kier molecular flexibility index (Phi) is 6.33. The molecule has 23 heavy (non-hydrogen) atoms. The van der Waals surface area contributed by atoms with Crippen LogP contribution in [-0.4, -0.2) is 18.4 Å². The van der Waals surface area contributed by atoms with Crippen LogP contribution in [-0.2, 0) is 11.2 Å². The van der Waals surface area contributed by atoms with Gasteiger partial charge in [-0.05, 0) is 35.6 Å². The van der Waals surface area contributed by atoms with Gasteiger partial charge in [0.25, 0.3) is 5.91 Å². The van der Waals surface area contributed by atoms with Gasteiger partial charge in [-0.3, -0.25) is 9.59 Å². The van der Waals surface area contributed by atoms with Gasteiger partial charge in [-0.2, -0.15) is 16.6 Å². The third-order valence-corrected chi connectivity index (χ3v) is 3.85. The SMILES string of the molecule is N#CCc1ccc(NC(=O)CCCNC(=O)c2ccsc2)cc1. The molecule has 6 heteroatoms. The van der Waals surface area contributed by atoms with Gasteiger partial charge in [0.2, 0.25) is 5.91 Å². The van der Waals surface area contributed by atoms with Crippen LogP contribution >= 0.6 is 11.3 Å². The molecule has 1 aromatic heterocycles. The number of anilines is 1. The van der Waals surface area contributed by atoms with Gasteiger partial charge in [0.05, 0.1) is 12.5 Å². The standard InChI is InChI=1S/C17H17N3O2S/c18-9-7-13-3-5-15(6-4-13)20-16(21)2-1-10-19-17(22)14-8-11-23-12-14/h3-6,8,11-12H,1-2,7,10H2,(H,19,22)(H,20,21). The van der Waals surface area contributed by atoms with E-state index in [1.54, 1.807) is 23.6 Å². The number of nitriles is 1. The lowest BCUT2D eigenvalue weighted by Crippen LogP contribution is -2.25. The first-order chi connectivity index (χ1) is 11.2. The summed E-state index contributed by atoms with van der Waals surface area (Å²) in [4.78, 5) is 23.5. The number of hydrogen-bond donors (Lipinski definition) is 2. The summed E-state index contributed by atoms with van der Waals surface area (Å²) in [6, 6.07) is 11.0. The molecule has 0 saturated heterocycles. The van der Waals surface area contributed by atoms with Crippen LogP contribution in [0, 0.1) is 11.3 Å². The van der Waals surface area contributed by atoms with Crippen molar-refractivity contribution in [2.75, 3.05) is 11.9 Å². The van der Waals surface area contributed by atoms with Crippen LogP contribution < -0.4 is 10.6 Å². The first-order valence-electron chi connectivity index (χ1n) is 7.25. The molecule has 0 bridgehead atoms. The van der Waals surface area contributed by atoms with Gasteiger partial charge in [-0.25, -0.2) is 0 Å². The first-order valence-corrected chi connectivity index (χ1v) is 8.19. The molecule has 0 aliphatic carbocycles. The van der Waals surface area contributed by atoms with Crippen LogP contribution in [0.4, 0.5) is 5.69 Å². The van der Waals surface area contributed by atoms with E-state index in [0.29, 0.717) is 37.1 Å². The Balaban J connectivity index is 1.67. The zero-order valence-corrected chi connectivity index (χ0v) is 13.4. The third-order valence-electron chi connectivity index (χ3n) is 3.17. The molecule has 0 aliphatic rings. The Bertz CT molecular complexity index is 688. The Hall–Kier alpha value is -2.65. The molecule has 2 N–H and O–H groups in total. The van der Waals surface area contributed by atoms with Crippen molar-refractivity contribution < 1.29 is 9.59 Å². The highest BCUT2D eigenvalue weighted by molar-refractivity contribution is 7.08. The molecule has 2 amide bonds. The summed E-state index contributed by atoms with van der Waals surface area (Å²) in [6.07, 6.45) is 1.27. The first kappa shape index (κ1) is 16.7. The lowest BCUT2D eigenvalue weighted by Gasteiger charge is -2.06. The summed E-state index contributed by atoms with van der Waals surface area (Å²) in [7, 11) is 0. The molecule has 0 spiro atoms. The number of nitrogens with one attached hydrogen (secondary N) is 2. The molecular formula is C17H17N3O2S. The van der Waals surface area contributed by atoms with Crippen molar-refractivity contribution in [1.82, 2.24) is 5.32 Å². The highest BCUT2D eigenvalue weighted by atomic mass is 32.1. The molecule has 1 heterocycles. The van der Waals surface area contributed by atoms with Crippen LogP contribution in [0.15, 0.2) is 41.1 Å². The second-order valence-corrected chi connectivity index (χ2v) is 5.73. The number of thiophene rings is 1. The van der Waals surface area contributed by atoms with E-state index in [0.717, 1.165) is 5.56 Å². The Morgan fingerprint density at radius 1 is 1.17 bits per heavy atom. The molecule has 0 aliphatic heterocycles. The van der Waals surface area contributed by atoms with Gasteiger partial charge in [0.15, 0.2) is 0 Å². The smallest absolute Gasteiger partial charge is 0.252 e. The van der Waals surface area contributed by atoms with E-state index in [-0.39, 0.29) is 11.8 Å². The van der Waals surface area contributed by atoms with Crippen LogP contribution in [0.25, 0.3) is 0 Å². The van der Waals surface area contributed by atoms with Crippen LogP contribution in [0.2, 0.25) is 0 Å². The quantitative estimate of drug-likeness (QED) is 0.767. The number of hydrogen-bond acceptors (Lipinski definition) is 4. The van der Waals surface area contributed by atoms with E-state index in [2.05, 4.69) is 16.7 Å². The summed E-state index contributed by atoms with van der Waals surface area (Å²) < 4.78 is 0. The molecular weight excluding hydrogens is 310 g/mol. The zero-order valence-electron chi connectivity index (χ0n) is 12.5. The van der Waals surface area contributed by atoms with Crippen LogP contribution in [0.3, 0.4) is 0 Å². The second-order valence-electron chi connectivity index (χ2n) is 4.95. The number of rotatable bonds is 7. The maximum absolute atomic E-state index is 11.8. The summed E-state index contributed by atoms with van der Waals surface area (Å²) in [6.45, 7) is 0.462. The fourth-order valence-corrected chi connectivity index (χ4v) is 2.60. The van der Waals surface area contributed by atoms with Crippen molar-refractivity contribution in [2.45, 2.75) is 19.3 Å². The van der Waals surface area contributed by atoms with Crippen molar-refractivity contribution in [3.63, 3.8) is 0 Å². The molecule has 2 aromatic rings. The largest absolute Gasteiger partial charge is 0.352 e. The van der Waals surface area contributed by atoms with E-state index in [1.807, 2.05) is 17.5 Å². The zero-order chi connectivity index (χ0) is 16.5. The molecule has 2 rings (SSSR count). The topological polar surface area (TPSA) is 82.0 Å². The van der Waals surface area contributed by atoms with Crippen molar-refractivity contribution in [1.29, 1.82) is 5.26 Å². The molecule has 1 aromatic carbocycles. The summed E-state index contributed by atoms with van der Waals surface area (Å²) in [5.41, 5.74) is 2.28. The normalized spacial score (nSPS) is 9.87. The molecule has 0 fully saturated rings. The van der Waals surface area contributed by atoms with Crippen molar-refractivity contribution in [3.8, 4) is 6.07 Å². The molecule has 5 nitrogen and oxygen atoms in total. The number of carbonyl (C=O) groups excluding carboxylic acids is 2. The average Bonchev–Trinajstić information content (AvgIpc) is 3.08. The van der Waals surface area contributed by atoms with E-state index in [9.17, 15) is 9.59 Å². The fourth-order valence-electron chi connectivity index (χ4n) is 1.97. The number of benzene rings is 1. The minimum Gasteiger partial charge on any atom is -0.352 e. The van der Waals surface area contributed by atoms with Gasteiger partial charge < -0.3 is 10.6 Å². The number of nitrogens with zero attached hydrogens (tertiary/aromatic N) is 1. The van der Waals surface area contributed by atoms with Crippen molar-refractivity contribution >= 4 is 28.8 Å². The highest BCUT2D eigenvalue weighted by Crippen LogP contribution is 2.10. The summed E-state index contributed by atoms with van der Waals surface area (Å²) in [5.74, 6) is -0.206. The number of carbonyl (C=O) groups is 2. The Morgan fingerprint density at radius 2 is 1.96 bits per heavy atom. The lowest BCUT2D eigenvalue weighted by molar-refractivity contribution is -0.116. The monoisotopic (exact) mass is 327 g/mol. The fraction of sp³-hybridized carbons (Fsp3) is 0.235. The molecule has 118 valence electrons. The Morgan fingerprint density at radius 3 is 2.61 bits per heavy atom. The maximum Gasteiger partial charge on any atom is 0.252 e. The Labute approximate surface area is 138 Å². The van der Waals surface area contributed by atoms with Gasteiger partial charge >= 0.3 is 0 Å². The average molecular weight is 327 g/mol. The molecule has 0 unspecified atom stereocenters. The maximum atomic E-state index is 11.8. The van der Waals surface area contributed by atoms with E-state index >= 15 is 0 Å². The lowest BCUT2D eigenvalue weighted by atomic mass is 10.1. The summed E-state index contributed by atoms with van der Waals surface area (Å²) >= 11 is 1.47. The predicted molar refractivity (Wildman–Crippen MR) is 90.3 cm³/mol. The van der Waals surface area contributed by atoms with Crippen molar-refractivity contribution in [3.05, 3.63) is 52.2 Å². The van der Waals surface area contributed by atoms with Crippen molar-refractivity contribution in [2.24, 2.45) is 0 Å². The van der Waals surface area contributed by atoms with E-state index in [1.165, 1.54) is 11.3 Å². The van der Waals surface area contributed by atoms with Gasteiger partial charge in [0.1, 0.15) is 0 Å². The summed E-state index contributed by atoms with van der Waals surface area (Å²) in [5, 5.41) is 17.8. The molecule has 0 atom stereocenters. The van der Waals surface area contributed by atoms with Crippen LogP contribution in [0.1, 0.15) is 28.8 Å². The molecule has 0 radical (unpaired) electrons. The second kappa shape index (κ2) is 8.71. The number of amides is 2. The van der Waals surface area contributed by atoms with Gasteiger partial charge in [-0.15, -0.1) is 0 Å². The van der Waals surface area contributed by atoms with Gasteiger partial charge in [-0.1, -0.05) is 12.1 Å². The van der Waals surface area contributed by atoms with Gasteiger partial charge in [0, 0.05) is 29.6 Å². The minimum atomic E-state index is -0.111. The van der Waals surface area contributed by atoms with E-state index in [4.69, 9.17) is 5.26 Å². The predicted octanol–water partition coefficient (Wildman–Crippen LogP) is 2.96. The highest BCUT2D eigenvalue weighted by Gasteiger charge is 2.06. The van der Waals surface area contributed by atoms with Crippen LogP contribution in [0.5, 0.6) is 0 Å². The van der Waals surface area contributed by atoms with E-state index < -0.39 is 0 Å². The third kappa shape index (κ3) is 5.57. The minimum absolute atomic E-state index is 0.0946. The molecule has 0 saturated carbocycles.